The van der Waals surface area contributed by atoms with Crippen LogP contribution in [-0.2, 0) is 4.79 Å². The van der Waals surface area contributed by atoms with Crippen LogP contribution >= 0.6 is 0 Å². The van der Waals surface area contributed by atoms with Crippen molar-refractivity contribution < 1.29 is 19.4 Å². The number of aromatic hydroxyl groups is 1. The molecule has 1 heterocycles. The number of ether oxygens (including phenoxy) is 1. The van der Waals surface area contributed by atoms with Gasteiger partial charge in [-0.15, -0.1) is 0 Å². The Bertz CT molecular complexity index is 1090. The summed E-state index contributed by atoms with van der Waals surface area (Å²) in [6, 6.07) is 21.2. The zero-order valence-electron chi connectivity index (χ0n) is 18.0. The molecule has 0 aliphatic carbocycles. The lowest BCUT2D eigenvalue weighted by Gasteiger charge is -2.32. The Kier molecular flexibility index (Phi) is 6.40. The van der Waals surface area contributed by atoms with E-state index >= 15 is 0 Å². The molecule has 1 atom stereocenters. The van der Waals surface area contributed by atoms with Gasteiger partial charge in [0.05, 0.1) is 5.92 Å². The lowest BCUT2D eigenvalue weighted by atomic mass is 9.96. The SMILES string of the molecule is Cc1ccc(Oc2cccc(NC(=O)C3CCCN(C(=O)c4ccc(O)cc4)C3)c2)cc1. The largest absolute Gasteiger partial charge is 0.508 e. The summed E-state index contributed by atoms with van der Waals surface area (Å²) in [7, 11) is 0. The average Bonchev–Trinajstić information content (AvgIpc) is 2.81. The third kappa shape index (κ3) is 5.27. The van der Waals surface area contributed by atoms with Crippen molar-refractivity contribution in [3.8, 4) is 17.2 Å². The number of nitrogens with one attached hydrogen (secondary N) is 1. The van der Waals surface area contributed by atoms with Crippen LogP contribution in [0.5, 0.6) is 17.2 Å². The van der Waals surface area contributed by atoms with Gasteiger partial charge in [0.25, 0.3) is 5.91 Å². The van der Waals surface area contributed by atoms with Gasteiger partial charge in [-0.1, -0.05) is 23.8 Å². The van der Waals surface area contributed by atoms with Gasteiger partial charge in [0.2, 0.25) is 5.91 Å². The second-order valence-corrected chi connectivity index (χ2v) is 8.07. The number of nitrogens with zero attached hydrogens (tertiary/aromatic N) is 1. The van der Waals surface area contributed by atoms with Crippen molar-refractivity contribution in [3.63, 3.8) is 0 Å². The molecule has 0 spiro atoms. The van der Waals surface area contributed by atoms with Crippen LogP contribution in [-0.4, -0.2) is 34.9 Å². The molecule has 0 radical (unpaired) electrons. The summed E-state index contributed by atoms with van der Waals surface area (Å²) in [5.74, 6) is 0.961. The Hall–Kier alpha value is -3.80. The predicted molar refractivity (Wildman–Crippen MR) is 123 cm³/mol. The molecule has 0 bridgehead atoms. The van der Waals surface area contributed by atoms with E-state index in [1.807, 2.05) is 49.4 Å². The van der Waals surface area contributed by atoms with Crippen LogP contribution < -0.4 is 10.1 Å². The molecule has 3 aromatic carbocycles. The van der Waals surface area contributed by atoms with Crippen molar-refractivity contribution in [1.29, 1.82) is 0 Å². The van der Waals surface area contributed by atoms with Crippen molar-refractivity contribution in [2.45, 2.75) is 19.8 Å². The molecule has 2 N–H and O–H groups in total. The van der Waals surface area contributed by atoms with Crippen molar-refractivity contribution in [3.05, 3.63) is 83.9 Å². The Morgan fingerprint density at radius 3 is 2.50 bits per heavy atom. The van der Waals surface area contributed by atoms with Crippen LogP contribution in [0.1, 0.15) is 28.8 Å². The molecule has 1 aliphatic rings. The summed E-state index contributed by atoms with van der Waals surface area (Å²) >= 11 is 0. The highest BCUT2D eigenvalue weighted by Gasteiger charge is 2.29. The van der Waals surface area contributed by atoms with E-state index < -0.39 is 0 Å². The number of hydrogen-bond acceptors (Lipinski definition) is 4. The van der Waals surface area contributed by atoms with E-state index in [0.29, 0.717) is 30.1 Å². The number of piperidine rings is 1. The fraction of sp³-hybridized carbons (Fsp3) is 0.231. The van der Waals surface area contributed by atoms with Gasteiger partial charge in [-0.3, -0.25) is 9.59 Å². The Balaban J connectivity index is 1.38. The minimum atomic E-state index is -0.286. The molecule has 1 unspecified atom stereocenters. The van der Waals surface area contributed by atoms with Crippen LogP contribution in [0.15, 0.2) is 72.8 Å². The number of carbonyl (C=O) groups is 2. The van der Waals surface area contributed by atoms with E-state index in [4.69, 9.17) is 4.74 Å². The predicted octanol–water partition coefficient (Wildman–Crippen LogP) is 4.98. The first-order chi connectivity index (χ1) is 15.5. The molecule has 1 aliphatic heterocycles. The fourth-order valence-corrected chi connectivity index (χ4v) is 3.79. The summed E-state index contributed by atoms with van der Waals surface area (Å²) in [5, 5.41) is 12.4. The quantitative estimate of drug-likeness (QED) is 0.598. The third-order valence-electron chi connectivity index (χ3n) is 5.55. The maximum absolute atomic E-state index is 12.9. The number of phenolic OH excluding ortho intramolecular Hbond substituents is 1. The molecule has 32 heavy (non-hydrogen) atoms. The molecule has 164 valence electrons. The van der Waals surface area contributed by atoms with E-state index in [-0.39, 0.29) is 23.5 Å². The summed E-state index contributed by atoms with van der Waals surface area (Å²) in [5.41, 5.74) is 2.31. The van der Waals surface area contributed by atoms with Crippen LogP contribution in [0.2, 0.25) is 0 Å². The van der Waals surface area contributed by atoms with Gasteiger partial charge in [0.1, 0.15) is 17.2 Å². The van der Waals surface area contributed by atoms with Gasteiger partial charge in [0.15, 0.2) is 0 Å². The maximum atomic E-state index is 12.9. The second kappa shape index (κ2) is 9.56. The van der Waals surface area contributed by atoms with Gasteiger partial charge >= 0.3 is 0 Å². The highest BCUT2D eigenvalue weighted by Crippen LogP contribution is 2.26. The molecule has 1 fully saturated rings. The first kappa shape index (κ1) is 21.4. The molecule has 6 nitrogen and oxygen atoms in total. The maximum Gasteiger partial charge on any atom is 0.253 e. The molecule has 4 rings (SSSR count). The van der Waals surface area contributed by atoms with Gasteiger partial charge in [-0.2, -0.15) is 0 Å². The number of phenols is 1. The minimum Gasteiger partial charge on any atom is -0.508 e. The number of amides is 2. The topological polar surface area (TPSA) is 78.9 Å². The van der Waals surface area contributed by atoms with E-state index in [2.05, 4.69) is 5.32 Å². The van der Waals surface area contributed by atoms with E-state index in [1.54, 1.807) is 23.1 Å². The van der Waals surface area contributed by atoms with Crippen molar-refractivity contribution in [1.82, 2.24) is 4.90 Å². The number of likely N-dealkylation sites (tertiary alicyclic amines) is 1. The van der Waals surface area contributed by atoms with Crippen molar-refractivity contribution in [2.24, 2.45) is 5.92 Å². The Morgan fingerprint density at radius 2 is 1.75 bits per heavy atom. The highest BCUT2D eigenvalue weighted by atomic mass is 16.5. The molecule has 2 amide bonds. The smallest absolute Gasteiger partial charge is 0.253 e. The van der Waals surface area contributed by atoms with E-state index in [9.17, 15) is 14.7 Å². The molecule has 0 saturated carbocycles. The van der Waals surface area contributed by atoms with Gasteiger partial charge in [-0.05, 0) is 68.3 Å². The number of benzene rings is 3. The first-order valence-corrected chi connectivity index (χ1v) is 10.7. The zero-order valence-corrected chi connectivity index (χ0v) is 18.0. The van der Waals surface area contributed by atoms with Crippen molar-refractivity contribution in [2.75, 3.05) is 18.4 Å². The number of rotatable bonds is 5. The van der Waals surface area contributed by atoms with E-state index in [1.165, 1.54) is 12.1 Å². The monoisotopic (exact) mass is 430 g/mol. The van der Waals surface area contributed by atoms with Gasteiger partial charge < -0.3 is 20.1 Å². The molecule has 6 heteroatoms. The molecular weight excluding hydrogens is 404 g/mol. The second-order valence-electron chi connectivity index (χ2n) is 8.07. The summed E-state index contributed by atoms with van der Waals surface area (Å²) < 4.78 is 5.88. The molecular formula is C26H26N2O4. The summed E-state index contributed by atoms with van der Waals surface area (Å²) in [6.45, 7) is 3.00. The lowest BCUT2D eigenvalue weighted by molar-refractivity contribution is -0.121. The molecule has 0 aromatic heterocycles. The molecule has 3 aromatic rings. The van der Waals surface area contributed by atoms with Crippen LogP contribution in [0.4, 0.5) is 5.69 Å². The number of hydrogen-bond donors (Lipinski definition) is 2. The third-order valence-corrected chi connectivity index (χ3v) is 5.55. The Morgan fingerprint density at radius 1 is 1.00 bits per heavy atom. The fourth-order valence-electron chi connectivity index (χ4n) is 3.79. The number of carbonyl (C=O) groups excluding carboxylic acids is 2. The average molecular weight is 431 g/mol. The summed E-state index contributed by atoms with van der Waals surface area (Å²) in [4.78, 5) is 27.4. The van der Waals surface area contributed by atoms with Crippen molar-refractivity contribution >= 4 is 17.5 Å². The van der Waals surface area contributed by atoms with Crippen LogP contribution in [0.25, 0.3) is 0 Å². The number of anilines is 1. The van der Waals surface area contributed by atoms with Crippen LogP contribution in [0.3, 0.4) is 0 Å². The zero-order chi connectivity index (χ0) is 22.5. The summed E-state index contributed by atoms with van der Waals surface area (Å²) in [6.07, 6.45) is 1.49. The van der Waals surface area contributed by atoms with E-state index in [0.717, 1.165) is 24.2 Å². The highest BCUT2D eigenvalue weighted by molar-refractivity contribution is 5.96. The number of aryl methyl sites for hydroxylation is 1. The van der Waals surface area contributed by atoms with Gasteiger partial charge in [-0.25, -0.2) is 0 Å². The lowest BCUT2D eigenvalue weighted by Crippen LogP contribution is -2.43. The minimum absolute atomic E-state index is 0.110. The van der Waals surface area contributed by atoms with Gasteiger partial charge in [0, 0.05) is 30.4 Å². The van der Waals surface area contributed by atoms with Crippen LogP contribution in [0, 0.1) is 12.8 Å². The Labute approximate surface area is 187 Å². The normalized spacial score (nSPS) is 15.8. The first-order valence-electron chi connectivity index (χ1n) is 10.7. The standard InChI is InChI=1S/C26H26N2O4/c1-18-7-13-23(14-8-18)32-24-6-2-5-21(16-24)27-25(30)20-4-3-15-28(17-20)26(31)19-9-11-22(29)12-10-19/h2,5-14,16,20,29H,3-4,15,17H2,1H3,(H,27,30). The molecule has 1 saturated heterocycles.